The van der Waals surface area contributed by atoms with E-state index in [0.717, 1.165) is 5.56 Å². The number of amides is 1. The topological polar surface area (TPSA) is 97.2 Å². The highest BCUT2D eigenvalue weighted by Crippen LogP contribution is 2.24. The van der Waals surface area contributed by atoms with Crippen LogP contribution >= 0.6 is 0 Å². The lowest BCUT2D eigenvalue weighted by molar-refractivity contribution is -0.120. The molecule has 0 aliphatic carbocycles. The summed E-state index contributed by atoms with van der Waals surface area (Å²) in [5, 5.41) is 6.99. The van der Waals surface area contributed by atoms with Crippen molar-refractivity contribution in [2.24, 2.45) is 5.92 Å². The summed E-state index contributed by atoms with van der Waals surface area (Å²) in [6.45, 7) is 1.22. The normalized spacial score (nSPS) is 17.5. The number of hydrogen-bond donors (Lipinski definition) is 1. The number of hydrogen-bond acceptors (Lipinski definition) is 5. The van der Waals surface area contributed by atoms with Gasteiger partial charge < -0.3 is 5.32 Å². The van der Waals surface area contributed by atoms with Gasteiger partial charge >= 0.3 is 0 Å². The largest absolute Gasteiger partial charge is 0.326 e. The SMILES string of the molecule is O=C(Nc1ccc(Cn2cncn2)cc1)C1CCCN(S(=O)(=O)c2ccccc2)C1. The monoisotopic (exact) mass is 425 g/mol. The first-order valence-electron chi connectivity index (χ1n) is 9.80. The van der Waals surface area contributed by atoms with Crippen molar-refractivity contribution in [2.45, 2.75) is 24.3 Å². The molecule has 3 aromatic rings. The molecule has 1 fully saturated rings. The molecule has 1 aliphatic rings. The van der Waals surface area contributed by atoms with Crippen LogP contribution in [0.5, 0.6) is 0 Å². The number of carbonyl (C=O) groups excluding carboxylic acids is 1. The number of carbonyl (C=O) groups is 1. The minimum Gasteiger partial charge on any atom is -0.326 e. The van der Waals surface area contributed by atoms with Crippen LogP contribution in [0.25, 0.3) is 0 Å². The van der Waals surface area contributed by atoms with Gasteiger partial charge in [-0.2, -0.15) is 9.40 Å². The van der Waals surface area contributed by atoms with E-state index in [1.54, 1.807) is 41.3 Å². The van der Waals surface area contributed by atoms with Crippen molar-refractivity contribution < 1.29 is 13.2 Å². The number of anilines is 1. The molecule has 0 saturated carbocycles. The van der Waals surface area contributed by atoms with Crippen molar-refractivity contribution in [1.29, 1.82) is 0 Å². The predicted octanol–water partition coefficient (Wildman–Crippen LogP) is 2.37. The molecule has 156 valence electrons. The summed E-state index contributed by atoms with van der Waals surface area (Å²) in [5.74, 6) is -0.543. The third-order valence-corrected chi connectivity index (χ3v) is 7.05. The Morgan fingerprint density at radius 2 is 1.87 bits per heavy atom. The second kappa shape index (κ2) is 8.76. The van der Waals surface area contributed by atoms with Crippen LogP contribution in [0.4, 0.5) is 5.69 Å². The highest BCUT2D eigenvalue weighted by molar-refractivity contribution is 7.89. The summed E-state index contributed by atoms with van der Waals surface area (Å²) in [7, 11) is -3.59. The molecule has 30 heavy (non-hydrogen) atoms. The molecule has 1 saturated heterocycles. The molecule has 8 nitrogen and oxygen atoms in total. The first kappa shape index (κ1) is 20.2. The molecule has 1 unspecified atom stereocenters. The van der Waals surface area contributed by atoms with Gasteiger partial charge in [0.1, 0.15) is 12.7 Å². The number of sulfonamides is 1. The summed E-state index contributed by atoms with van der Waals surface area (Å²) in [6.07, 6.45) is 4.45. The van der Waals surface area contributed by atoms with Crippen LogP contribution in [0.3, 0.4) is 0 Å². The zero-order valence-corrected chi connectivity index (χ0v) is 17.2. The Balaban J connectivity index is 1.38. The van der Waals surface area contributed by atoms with Crippen molar-refractivity contribution in [1.82, 2.24) is 19.1 Å². The number of nitrogens with one attached hydrogen (secondary N) is 1. The van der Waals surface area contributed by atoms with Gasteiger partial charge in [-0.1, -0.05) is 30.3 Å². The zero-order chi connectivity index (χ0) is 21.0. The van der Waals surface area contributed by atoms with Gasteiger partial charge in [0.25, 0.3) is 0 Å². The maximum absolute atomic E-state index is 12.9. The summed E-state index contributed by atoms with van der Waals surface area (Å²) in [4.78, 5) is 16.9. The van der Waals surface area contributed by atoms with Crippen LogP contribution in [0, 0.1) is 5.92 Å². The number of benzene rings is 2. The molecule has 1 aromatic heterocycles. The third-order valence-electron chi connectivity index (χ3n) is 5.17. The molecule has 2 aromatic carbocycles. The Bertz CT molecular complexity index is 1080. The lowest BCUT2D eigenvalue weighted by Crippen LogP contribution is -2.43. The fraction of sp³-hybridized carbons (Fsp3) is 0.286. The van der Waals surface area contributed by atoms with Crippen molar-refractivity contribution in [3.05, 3.63) is 72.8 Å². The smallest absolute Gasteiger partial charge is 0.243 e. The average Bonchev–Trinajstić information content (AvgIpc) is 3.29. The fourth-order valence-corrected chi connectivity index (χ4v) is 5.10. The molecule has 0 radical (unpaired) electrons. The number of piperidine rings is 1. The molecule has 1 atom stereocenters. The molecule has 1 N–H and O–H groups in total. The van der Waals surface area contributed by atoms with Gasteiger partial charge in [0, 0.05) is 18.8 Å². The van der Waals surface area contributed by atoms with Crippen molar-refractivity contribution in [2.75, 3.05) is 18.4 Å². The summed E-state index contributed by atoms with van der Waals surface area (Å²) in [6, 6.07) is 15.9. The standard InChI is InChI=1S/C21H23N5O3S/c27-21(24-19-10-8-17(9-11-19)13-25-16-22-15-23-25)18-5-4-12-26(14-18)30(28,29)20-6-2-1-3-7-20/h1-3,6-11,15-16,18H,4-5,12-14H2,(H,24,27). The minimum atomic E-state index is -3.59. The number of rotatable bonds is 6. The fourth-order valence-electron chi connectivity index (χ4n) is 3.56. The van der Waals surface area contributed by atoms with E-state index < -0.39 is 10.0 Å². The van der Waals surface area contributed by atoms with Gasteiger partial charge in [0.05, 0.1) is 17.4 Å². The van der Waals surface area contributed by atoms with E-state index in [1.807, 2.05) is 24.3 Å². The Morgan fingerprint density at radius 3 is 2.57 bits per heavy atom. The molecule has 4 rings (SSSR count). The van der Waals surface area contributed by atoms with E-state index in [2.05, 4.69) is 15.4 Å². The minimum absolute atomic E-state index is 0.160. The molecule has 9 heteroatoms. The van der Waals surface area contributed by atoms with E-state index in [9.17, 15) is 13.2 Å². The first-order valence-corrected chi connectivity index (χ1v) is 11.2. The lowest BCUT2D eigenvalue weighted by Gasteiger charge is -2.31. The summed E-state index contributed by atoms with van der Waals surface area (Å²) in [5.41, 5.74) is 1.72. The summed E-state index contributed by atoms with van der Waals surface area (Å²) >= 11 is 0. The van der Waals surface area contributed by atoms with E-state index in [4.69, 9.17) is 0 Å². The average molecular weight is 426 g/mol. The molecule has 2 heterocycles. The van der Waals surface area contributed by atoms with E-state index in [1.165, 1.54) is 10.6 Å². The van der Waals surface area contributed by atoms with Crippen molar-refractivity contribution >= 4 is 21.6 Å². The van der Waals surface area contributed by atoms with E-state index >= 15 is 0 Å². The molecular weight excluding hydrogens is 402 g/mol. The zero-order valence-electron chi connectivity index (χ0n) is 16.4. The second-order valence-electron chi connectivity index (χ2n) is 7.29. The highest BCUT2D eigenvalue weighted by Gasteiger charge is 2.33. The van der Waals surface area contributed by atoms with Gasteiger partial charge in [0.2, 0.25) is 15.9 Å². The quantitative estimate of drug-likeness (QED) is 0.654. The molecule has 1 amide bonds. The van der Waals surface area contributed by atoms with Crippen LogP contribution in [-0.2, 0) is 21.4 Å². The van der Waals surface area contributed by atoms with E-state index in [-0.39, 0.29) is 23.3 Å². The maximum atomic E-state index is 12.9. The number of nitrogens with zero attached hydrogens (tertiary/aromatic N) is 4. The van der Waals surface area contributed by atoms with Gasteiger partial charge in [-0.15, -0.1) is 0 Å². The van der Waals surface area contributed by atoms with Crippen LogP contribution in [0.2, 0.25) is 0 Å². The van der Waals surface area contributed by atoms with Crippen LogP contribution in [0.1, 0.15) is 18.4 Å². The predicted molar refractivity (Wildman–Crippen MR) is 112 cm³/mol. The maximum Gasteiger partial charge on any atom is 0.243 e. The molecule has 0 spiro atoms. The Labute approximate surface area is 175 Å². The first-order chi connectivity index (χ1) is 14.5. The Kier molecular flexibility index (Phi) is 5.91. The van der Waals surface area contributed by atoms with Crippen LogP contribution < -0.4 is 5.32 Å². The Hall–Kier alpha value is -3.04. The molecule has 0 bridgehead atoms. The summed E-state index contributed by atoms with van der Waals surface area (Å²) < 4.78 is 28.9. The second-order valence-corrected chi connectivity index (χ2v) is 9.23. The molecule has 1 aliphatic heterocycles. The third kappa shape index (κ3) is 4.58. The van der Waals surface area contributed by atoms with Gasteiger partial charge in [-0.05, 0) is 42.7 Å². The number of aromatic nitrogens is 3. The van der Waals surface area contributed by atoms with E-state index in [0.29, 0.717) is 31.6 Å². The van der Waals surface area contributed by atoms with Gasteiger partial charge in [0.15, 0.2) is 0 Å². The molecular formula is C21H23N5O3S. The lowest BCUT2D eigenvalue weighted by atomic mass is 9.98. The van der Waals surface area contributed by atoms with Crippen molar-refractivity contribution in [3.63, 3.8) is 0 Å². The van der Waals surface area contributed by atoms with Gasteiger partial charge in [-0.3, -0.25) is 4.79 Å². The Morgan fingerprint density at radius 1 is 1.10 bits per heavy atom. The highest BCUT2D eigenvalue weighted by atomic mass is 32.2. The van der Waals surface area contributed by atoms with Crippen LogP contribution in [0.15, 0.2) is 72.1 Å². The van der Waals surface area contributed by atoms with Crippen LogP contribution in [-0.4, -0.2) is 46.5 Å². The van der Waals surface area contributed by atoms with Crippen molar-refractivity contribution in [3.8, 4) is 0 Å². The van der Waals surface area contributed by atoms with Gasteiger partial charge in [-0.25, -0.2) is 18.1 Å².